The first-order valence-corrected chi connectivity index (χ1v) is 6.92. The molecule has 0 bridgehead atoms. The number of hydrogen-bond donors (Lipinski definition) is 1. The maximum atomic E-state index is 11.7. The number of amides is 1. The molecule has 1 aliphatic rings. The number of nitrogens with zero attached hydrogens (tertiary/aromatic N) is 2. The molecule has 4 nitrogen and oxygen atoms in total. The van der Waals surface area contributed by atoms with E-state index >= 15 is 0 Å². The van der Waals surface area contributed by atoms with Gasteiger partial charge in [0.15, 0.2) is 0 Å². The lowest BCUT2D eigenvalue weighted by Crippen LogP contribution is -2.30. The Morgan fingerprint density at radius 1 is 1.56 bits per heavy atom. The van der Waals surface area contributed by atoms with E-state index in [1.807, 2.05) is 6.20 Å². The predicted octanol–water partition coefficient (Wildman–Crippen LogP) is 2.31. The zero-order chi connectivity index (χ0) is 13.1. The van der Waals surface area contributed by atoms with Crippen molar-refractivity contribution < 1.29 is 4.79 Å². The number of nitrogens with one attached hydrogen (secondary N) is 1. The summed E-state index contributed by atoms with van der Waals surface area (Å²) in [4.78, 5) is 11.7. The fourth-order valence-electron chi connectivity index (χ4n) is 2.81. The Morgan fingerprint density at radius 3 is 3.00 bits per heavy atom. The van der Waals surface area contributed by atoms with Crippen molar-refractivity contribution >= 4 is 5.91 Å². The van der Waals surface area contributed by atoms with E-state index in [9.17, 15) is 4.79 Å². The third-order valence-electron chi connectivity index (χ3n) is 3.53. The van der Waals surface area contributed by atoms with Crippen LogP contribution in [-0.2, 0) is 11.3 Å². The molecule has 1 aromatic rings. The summed E-state index contributed by atoms with van der Waals surface area (Å²) in [5, 5.41) is 7.48. The Kier molecular flexibility index (Phi) is 4.04. The number of carbonyl (C=O) groups is 1. The van der Waals surface area contributed by atoms with E-state index in [0.717, 1.165) is 19.4 Å². The second-order valence-electron chi connectivity index (χ2n) is 5.59. The SMILES string of the molecule is CCCn1nccc1C1CC(=O)NC1CC(C)C. The van der Waals surface area contributed by atoms with E-state index in [-0.39, 0.29) is 17.9 Å². The quantitative estimate of drug-likeness (QED) is 0.870. The third kappa shape index (κ3) is 2.74. The Balaban J connectivity index is 2.18. The van der Waals surface area contributed by atoms with Gasteiger partial charge in [0.25, 0.3) is 0 Å². The highest BCUT2D eigenvalue weighted by molar-refractivity contribution is 5.80. The zero-order valence-corrected chi connectivity index (χ0v) is 11.5. The molecule has 4 heteroatoms. The fraction of sp³-hybridized carbons (Fsp3) is 0.714. The summed E-state index contributed by atoms with van der Waals surface area (Å²) in [6, 6.07) is 2.33. The monoisotopic (exact) mass is 249 g/mol. The fourth-order valence-corrected chi connectivity index (χ4v) is 2.81. The van der Waals surface area contributed by atoms with Gasteiger partial charge in [-0.2, -0.15) is 5.10 Å². The van der Waals surface area contributed by atoms with Crippen LogP contribution in [0.3, 0.4) is 0 Å². The Labute approximate surface area is 109 Å². The van der Waals surface area contributed by atoms with Crippen LogP contribution in [0.1, 0.15) is 51.6 Å². The molecule has 1 amide bonds. The van der Waals surface area contributed by atoms with Crippen molar-refractivity contribution in [3.8, 4) is 0 Å². The average molecular weight is 249 g/mol. The maximum absolute atomic E-state index is 11.7. The number of carbonyl (C=O) groups excluding carboxylic acids is 1. The molecule has 2 heterocycles. The topological polar surface area (TPSA) is 46.9 Å². The highest BCUT2D eigenvalue weighted by Crippen LogP contribution is 2.31. The molecule has 0 spiro atoms. The Morgan fingerprint density at radius 2 is 2.33 bits per heavy atom. The molecule has 2 rings (SSSR count). The first-order chi connectivity index (χ1) is 8.61. The lowest BCUT2D eigenvalue weighted by molar-refractivity contribution is -0.119. The van der Waals surface area contributed by atoms with Gasteiger partial charge in [0.1, 0.15) is 0 Å². The molecule has 0 aromatic carbocycles. The predicted molar refractivity (Wildman–Crippen MR) is 71.3 cm³/mol. The standard InChI is InChI=1S/C14H23N3O/c1-4-7-17-13(5-6-15-17)11-9-14(18)16-12(11)8-10(2)3/h5-6,10-12H,4,7-9H2,1-3H3,(H,16,18). The molecule has 2 unspecified atom stereocenters. The highest BCUT2D eigenvalue weighted by Gasteiger charge is 2.35. The first-order valence-electron chi connectivity index (χ1n) is 6.92. The number of aromatic nitrogens is 2. The minimum absolute atomic E-state index is 0.176. The number of rotatable bonds is 5. The number of aryl methyl sites for hydroxylation is 1. The van der Waals surface area contributed by atoms with E-state index in [0.29, 0.717) is 12.3 Å². The van der Waals surface area contributed by atoms with Crippen molar-refractivity contribution in [2.75, 3.05) is 0 Å². The highest BCUT2D eigenvalue weighted by atomic mass is 16.2. The molecule has 1 aliphatic heterocycles. The smallest absolute Gasteiger partial charge is 0.220 e. The van der Waals surface area contributed by atoms with Crippen LogP contribution in [-0.4, -0.2) is 21.7 Å². The van der Waals surface area contributed by atoms with Gasteiger partial charge in [-0.05, 0) is 24.8 Å². The summed E-state index contributed by atoms with van der Waals surface area (Å²) in [7, 11) is 0. The van der Waals surface area contributed by atoms with E-state index in [2.05, 4.69) is 41.9 Å². The molecule has 0 radical (unpaired) electrons. The van der Waals surface area contributed by atoms with E-state index < -0.39 is 0 Å². The molecule has 1 fully saturated rings. The van der Waals surface area contributed by atoms with Crippen LogP contribution < -0.4 is 5.32 Å². The van der Waals surface area contributed by atoms with Gasteiger partial charge in [-0.3, -0.25) is 9.48 Å². The average Bonchev–Trinajstić information content (AvgIpc) is 2.85. The molecular formula is C14H23N3O. The van der Waals surface area contributed by atoms with Gasteiger partial charge in [-0.1, -0.05) is 20.8 Å². The molecule has 2 atom stereocenters. The molecule has 0 saturated carbocycles. The molecule has 1 aromatic heterocycles. The van der Waals surface area contributed by atoms with Crippen molar-refractivity contribution in [1.29, 1.82) is 0 Å². The van der Waals surface area contributed by atoms with Crippen LogP contribution >= 0.6 is 0 Å². The summed E-state index contributed by atoms with van der Waals surface area (Å²) in [5.74, 6) is 1.06. The molecule has 1 saturated heterocycles. The third-order valence-corrected chi connectivity index (χ3v) is 3.53. The van der Waals surface area contributed by atoms with Crippen LogP contribution in [0, 0.1) is 5.92 Å². The lowest BCUT2D eigenvalue weighted by atomic mass is 9.90. The largest absolute Gasteiger partial charge is 0.353 e. The molecule has 100 valence electrons. The van der Waals surface area contributed by atoms with Crippen LogP contribution in [0.15, 0.2) is 12.3 Å². The molecule has 18 heavy (non-hydrogen) atoms. The Hall–Kier alpha value is -1.32. The molecular weight excluding hydrogens is 226 g/mol. The van der Waals surface area contributed by atoms with E-state index in [4.69, 9.17) is 0 Å². The van der Waals surface area contributed by atoms with E-state index in [1.54, 1.807) is 0 Å². The lowest BCUT2D eigenvalue weighted by Gasteiger charge is -2.21. The first kappa shape index (κ1) is 13.1. The molecule has 0 aliphatic carbocycles. The van der Waals surface area contributed by atoms with Gasteiger partial charge in [0.05, 0.1) is 0 Å². The minimum Gasteiger partial charge on any atom is -0.353 e. The second-order valence-corrected chi connectivity index (χ2v) is 5.59. The van der Waals surface area contributed by atoms with Crippen LogP contribution in [0.2, 0.25) is 0 Å². The second kappa shape index (κ2) is 5.55. The summed E-state index contributed by atoms with van der Waals surface area (Å²) >= 11 is 0. The van der Waals surface area contributed by atoms with Gasteiger partial charge in [-0.15, -0.1) is 0 Å². The maximum Gasteiger partial charge on any atom is 0.220 e. The molecule has 1 N–H and O–H groups in total. The summed E-state index contributed by atoms with van der Waals surface area (Å²) < 4.78 is 2.05. The van der Waals surface area contributed by atoms with Gasteiger partial charge in [0.2, 0.25) is 5.91 Å². The zero-order valence-electron chi connectivity index (χ0n) is 11.5. The van der Waals surface area contributed by atoms with Gasteiger partial charge >= 0.3 is 0 Å². The van der Waals surface area contributed by atoms with Crippen LogP contribution in [0.4, 0.5) is 0 Å². The summed E-state index contributed by atoms with van der Waals surface area (Å²) in [6.45, 7) is 7.48. The van der Waals surface area contributed by atoms with Crippen LogP contribution in [0.5, 0.6) is 0 Å². The number of hydrogen-bond acceptors (Lipinski definition) is 2. The minimum atomic E-state index is 0.176. The van der Waals surface area contributed by atoms with Gasteiger partial charge in [-0.25, -0.2) is 0 Å². The van der Waals surface area contributed by atoms with Crippen molar-refractivity contribution in [3.63, 3.8) is 0 Å². The van der Waals surface area contributed by atoms with E-state index in [1.165, 1.54) is 5.69 Å². The van der Waals surface area contributed by atoms with Crippen molar-refractivity contribution in [2.24, 2.45) is 5.92 Å². The van der Waals surface area contributed by atoms with Gasteiger partial charge < -0.3 is 5.32 Å². The van der Waals surface area contributed by atoms with Crippen molar-refractivity contribution in [3.05, 3.63) is 18.0 Å². The summed E-state index contributed by atoms with van der Waals surface area (Å²) in [5.41, 5.74) is 1.21. The van der Waals surface area contributed by atoms with Crippen molar-refractivity contribution in [2.45, 2.75) is 58.5 Å². The Bertz CT molecular complexity index is 411. The van der Waals surface area contributed by atoms with Gasteiger partial charge in [0, 0.05) is 36.8 Å². The normalized spacial score (nSPS) is 23.7. The van der Waals surface area contributed by atoms with Crippen LogP contribution in [0.25, 0.3) is 0 Å². The summed E-state index contributed by atoms with van der Waals surface area (Å²) in [6.07, 6.45) is 4.55. The van der Waals surface area contributed by atoms with Crippen molar-refractivity contribution in [1.82, 2.24) is 15.1 Å².